The fourth-order valence-corrected chi connectivity index (χ4v) is 12.6. The average Bonchev–Trinajstić information content (AvgIpc) is 3.57. The van der Waals surface area contributed by atoms with Gasteiger partial charge < -0.3 is 10.0 Å². The van der Waals surface area contributed by atoms with E-state index in [0.717, 1.165) is 6.07 Å². The molecule has 70 heavy (non-hydrogen) atoms. The molecule has 0 aromatic heterocycles. The zero-order valence-corrected chi connectivity index (χ0v) is 42.0. The fraction of sp³-hybridized carbons (Fsp3) is 0.391. The molecule has 4 aromatic carbocycles. The lowest BCUT2D eigenvalue weighted by atomic mass is 9.75. The van der Waals surface area contributed by atoms with Gasteiger partial charge in [0.25, 0.3) is 50.6 Å². The fourth-order valence-electron chi connectivity index (χ4n) is 9.69. The van der Waals surface area contributed by atoms with Crippen molar-refractivity contribution in [1.82, 2.24) is 0 Å². The van der Waals surface area contributed by atoms with Crippen LogP contribution in [0.3, 0.4) is 0 Å². The summed E-state index contributed by atoms with van der Waals surface area (Å²) in [6.45, 7) is 7.41. The quantitative estimate of drug-likeness (QED) is 0.0217. The molecule has 2 aliphatic heterocycles. The van der Waals surface area contributed by atoms with Crippen molar-refractivity contribution in [2.45, 2.75) is 106 Å². The molecule has 0 saturated carbocycles. The molecule has 382 valence electrons. The highest BCUT2D eigenvalue weighted by Gasteiger charge is 2.47. The molecular weight excluding hydrogens is 1010 g/mol. The number of fused-ring (bicyclic) bond motifs is 6. The van der Waals surface area contributed by atoms with Crippen LogP contribution in [0.1, 0.15) is 89.8 Å². The summed E-state index contributed by atoms with van der Waals surface area (Å²) in [5.41, 5.74) is 1.54. The maximum Gasteiger partial charge on any atom is 0.303 e. The van der Waals surface area contributed by atoms with Crippen molar-refractivity contribution in [2.24, 2.45) is 0 Å². The Morgan fingerprint density at radius 1 is 0.657 bits per heavy atom. The van der Waals surface area contributed by atoms with Gasteiger partial charge >= 0.3 is 5.97 Å². The molecule has 0 bridgehead atoms. The number of carbonyl (C=O) groups is 1. The molecule has 24 heteroatoms. The van der Waals surface area contributed by atoms with Crippen molar-refractivity contribution in [3.05, 3.63) is 101 Å². The number of benzene rings is 4. The summed E-state index contributed by atoms with van der Waals surface area (Å²) in [7, 11) is -23.5. The number of nitrogens with zero attached hydrogens (tertiary/aromatic N) is 2. The number of unbranched alkanes of at least 4 members (excludes halogenated alkanes) is 2. The van der Waals surface area contributed by atoms with Gasteiger partial charge in [0, 0.05) is 59.3 Å². The van der Waals surface area contributed by atoms with Gasteiger partial charge in [-0.3, -0.25) is 27.6 Å². The Bertz CT molecular complexity index is 3490. The first-order chi connectivity index (χ1) is 31.8. The number of anilines is 1. The molecule has 1 atom stereocenters. The zero-order chi connectivity index (χ0) is 51.3. The van der Waals surface area contributed by atoms with Crippen molar-refractivity contribution in [2.75, 3.05) is 29.5 Å². The van der Waals surface area contributed by atoms with E-state index < -0.39 is 93.6 Å². The second-order valence-electron chi connectivity index (χ2n) is 17.9. The van der Waals surface area contributed by atoms with E-state index in [2.05, 4.69) is 0 Å². The molecule has 2 aliphatic rings. The van der Waals surface area contributed by atoms with Crippen LogP contribution in [0.25, 0.3) is 21.5 Å². The number of carboxylic acids is 1. The third-order valence-corrected chi connectivity index (χ3v) is 16.8. The molecule has 2 heterocycles. The maximum atomic E-state index is 12.6. The van der Waals surface area contributed by atoms with Crippen LogP contribution in [-0.2, 0) is 66.2 Å². The van der Waals surface area contributed by atoms with E-state index in [9.17, 15) is 74.8 Å². The molecular formula is C46H57N2O17S5+. The predicted molar refractivity (Wildman–Crippen MR) is 265 cm³/mol. The number of rotatable bonds is 20. The molecule has 0 fully saturated rings. The zero-order valence-electron chi connectivity index (χ0n) is 37.9. The Labute approximate surface area is 408 Å². The highest BCUT2D eigenvalue weighted by molar-refractivity contribution is 7.87. The van der Waals surface area contributed by atoms with Crippen LogP contribution in [0.2, 0.25) is 0 Å². The molecule has 0 saturated heterocycles. The smallest absolute Gasteiger partial charge is 0.303 e. The van der Waals surface area contributed by atoms with Gasteiger partial charge in [-0.05, 0) is 130 Å². The maximum absolute atomic E-state index is 12.6. The Balaban J connectivity index is 0.00000913. The van der Waals surface area contributed by atoms with Crippen LogP contribution in [0.5, 0.6) is 0 Å². The number of aliphatic carboxylic acids is 1. The number of carboxylic acid groups (broad SMARTS) is 1. The Kier molecular flexibility index (Phi) is 16.3. The van der Waals surface area contributed by atoms with Gasteiger partial charge in [-0.25, -0.2) is 0 Å². The Hall–Kier alpha value is -4.89. The van der Waals surface area contributed by atoms with Crippen molar-refractivity contribution >= 4 is 95.2 Å². The average molecular weight is 1070 g/mol. The van der Waals surface area contributed by atoms with E-state index in [1.54, 1.807) is 67.3 Å². The van der Waals surface area contributed by atoms with E-state index in [-0.39, 0.29) is 50.4 Å². The molecule has 6 N–H and O–H groups in total. The molecule has 0 aliphatic carbocycles. The van der Waals surface area contributed by atoms with E-state index in [0.29, 0.717) is 82.1 Å². The predicted octanol–water partition coefficient (Wildman–Crippen LogP) is 7.42. The minimum atomic E-state index is -5.01. The van der Waals surface area contributed by atoms with Crippen LogP contribution in [0.4, 0.5) is 11.4 Å². The lowest BCUT2D eigenvalue weighted by Crippen LogP contribution is -2.30. The number of allylic oxidation sites excluding steroid dienone is 6. The molecule has 19 nitrogen and oxygen atoms in total. The van der Waals surface area contributed by atoms with E-state index >= 15 is 0 Å². The van der Waals surface area contributed by atoms with Gasteiger partial charge in [0.1, 0.15) is 11.4 Å². The Morgan fingerprint density at radius 3 is 1.83 bits per heavy atom. The van der Waals surface area contributed by atoms with E-state index in [4.69, 9.17) is 0 Å². The second kappa shape index (κ2) is 20.3. The van der Waals surface area contributed by atoms with E-state index in [1.165, 1.54) is 18.2 Å². The van der Waals surface area contributed by atoms with Gasteiger partial charge in [-0.15, -0.1) is 0 Å². The van der Waals surface area contributed by atoms with Crippen LogP contribution in [0.15, 0.2) is 99.3 Å². The summed E-state index contributed by atoms with van der Waals surface area (Å²) in [6.07, 6.45) is 9.75. The van der Waals surface area contributed by atoms with Crippen molar-refractivity contribution < 1.29 is 79.3 Å². The first-order valence-electron chi connectivity index (χ1n) is 21.5. The molecule has 0 spiro atoms. The van der Waals surface area contributed by atoms with Gasteiger partial charge in [0.15, 0.2) is 5.71 Å². The molecule has 1 unspecified atom stereocenters. The first kappa shape index (κ1) is 56.0. The van der Waals surface area contributed by atoms with Gasteiger partial charge in [0.2, 0.25) is 5.69 Å². The summed E-state index contributed by atoms with van der Waals surface area (Å²) in [4.78, 5) is 11.1. The molecule has 4 aromatic rings. The van der Waals surface area contributed by atoms with Crippen LogP contribution >= 0.6 is 0 Å². The number of aryl methyl sites for hydroxylation is 1. The first-order valence-corrected chi connectivity index (χ1v) is 29.0. The topological polar surface area (TPSA) is 315 Å². The monoisotopic (exact) mass is 1070 g/mol. The van der Waals surface area contributed by atoms with Crippen LogP contribution in [-0.4, -0.2) is 111 Å². The largest absolute Gasteiger partial charge is 0.481 e. The van der Waals surface area contributed by atoms with E-state index in [1.807, 2.05) is 18.4 Å². The summed E-state index contributed by atoms with van der Waals surface area (Å²) in [5.74, 6) is -2.19. The minimum Gasteiger partial charge on any atom is -0.481 e. The summed E-state index contributed by atoms with van der Waals surface area (Å²) in [6, 6.07) is 11.0. The number of hydrogen-bond donors (Lipinski definition) is 6. The SMILES string of the molecule is C.Cc1cc(S(=O)(=O)O)cc2c3c(ccc12)N(CCCS(=O)(=O)O)C(=CC=CC=CC1=[N+](CCCCCC(=O)O)c2ccc4c(S(=O)(=O)O)cc(S(=O)(=O)O)cc4c2C1(C)C)C3(C)CCCS(=O)(=O)O. The van der Waals surface area contributed by atoms with Gasteiger partial charge in [-0.1, -0.05) is 31.7 Å². The van der Waals surface area contributed by atoms with Crippen LogP contribution < -0.4 is 4.90 Å². The minimum absolute atomic E-state index is 0. The van der Waals surface area contributed by atoms with Gasteiger partial charge in [0.05, 0.1) is 26.7 Å². The lowest BCUT2D eigenvalue weighted by molar-refractivity contribution is -0.438. The van der Waals surface area contributed by atoms with Gasteiger partial charge in [-0.2, -0.15) is 46.7 Å². The second-order valence-corrected chi connectivity index (χ2v) is 25.2. The molecule has 6 rings (SSSR count). The summed E-state index contributed by atoms with van der Waals surface area (Å²) < 4.78 is 174. The Morgan fingerprint density at radius 2 is 1.24 bits per heavy atom. The van der Waals surface area contributed by atoms with Crippen molar-refractivity contribution in [1.29, 1.82) is 0 Å². The normalized spacial score (nSPS) is 18.1. The van der Waals surface area contributed by atoms with Crippen molar-refractivity contribution in [3.63, 3.8) is 0 Å². The molecule has 0 amide bonds. The van der Waals surface area contributed by atoms with Crippen LogP contribution in [0, 0.1) is 6.92 Å². The highest BCUT2D eigenvalue weighted by Crippen LogP contribution is 2.54. The highest BCUT2D eigenvalue weighted by atomic mass is 32.2. The summed E-state index contributed by atoms with van der Waals surface area (Å²) >= 11 is 0. The third-order valence-electron chi connectivity index (χ3n) is 12.6. The van der Waals surface area contributed by atoms with Crippen molar-refractivity contribution in [3.8, 4) is 0 Å². The third kappa shape index (κ3) is 12.1. The standard InChI is InChI=1S/C45H52N2O17S5.CH4/c1-29-25-30(67(56,57)58)26-34-32(29)16-18-37-43(34)45(4,20-11-23-65(50,51)52)40(47(37)22-12-24-66(53,54)55)14-8-5-7-13-39-44(2,3)42-35-27-31(68(59,60)61)28-38(69(62,63)64)33(35)17-19-36(42)46(39)21-10-6-9-15-41(48)49;/h5,7-8,13-14,16-19,25-28H,6,9-12,15,20-24H2,1-4H3,(H5-,48,49,50,51,52,53,54,55,56,57,58,59,60,61,62,63,64);1H4/p+1. The summed E-state index contributed by atoms with van der Waals surface area (Å²) in [5, 5.41) is 10.3. The lowest BCUT2D eigenvalue weighted by Gasteiger charge is -2.31. The number of hydrogen-bond acceptors (Lipinski definition) is 12. The molecule has 0 radical (unpaired) electrons.